The minimum absolute atomic E-state index is 0.105. The fraction of sp³-hybridized carbons (Fsp3) is 0.214. The summed E-state index contributed by atoms with van der Waals surface area (Å²) in [6, 6.07) is 3.63. The lowest BCUT2D eigenvalue weighted by molar-refractivity contribution is -0.116. The van der Waals surface area contributed by atoms with E-state index < -0.39 is 9.84 Å². The Morgan fingerprint density at radius 3 is 2.75 bits per heavy atom. The second-order valence-corrected chi connectivity index (χ2v) is 6.38. The van der Waals surface area contributed by atoms with Gasteiger partial charge in [-0.05, 0) is 31.3 Å². The average Bonchev–Trinajstić information content (AvgIpc) is 2.86. The van der Waals surface area contributed by atoms with Crippen molar-refractivity contribution in [1.82, 2.24) is 10.3 Å². The minimum atomic E-state index is -3.09. The molecule has 0 bridgehead atoms. The maximum atomic E-state index is 11.9. The summed E-state index contributed by atoms with van der Waals surface area (Å²) in [7, 11) is -3.09. The Morgan fingerprint density at radius 1 is 1.45 bits per heavy atom. The van der Waals surface area contributed by atoms with Gasteiger partial charge in [-0.15, -0.1) is 0 Å². The molecular weight excluding hydrogens is 276 g/mol. The number of allylic oxidation sites excluding steroid dienone is 1. The van der Waals surface area contributed by atoms with E-state index in [1.165, 1.54) is 18.4 Å². The molecule has 0 aliphatic carbocycles. The molecule has 0 spiro atoms. The van der Waals surface area contributed by atoms with Crippen molar-refractivity contribution in [2.45, 2.75) is 6.92 Å². The molecule has 1 rings (SSSR count). The predicted molar refractivity (Wildman–Crippen MR) is 80.6 cm³/mol. The van der Waals surface area contributed by atoms with Crippen LogP contribution in [0.2, 0.25) is 0 Å². The zero-order valence-corrected chi connectivity index (χ0v) is 12.3. The monoisotopic (exact) mass is 294 g/mol. The van der Waals surface area contributed by atoms with Crippen LogP contribution >= 0.6 is 0 Å². The van der Waals surface area contributed by atoms with Crippen molar-refractivity contribution in [3.05, 3.63) is 54.0 Å². The van der Waals surface area contributed by atoms with Crippen LogP contribution in [-0.4, -0.2) is 31.3 Å². The average molecular weight is 294 g/mol. The topological polar surface area (TPSA) is 79.0 Å². The zero-order chi connectivity index (χ0) is 15.0. The molecule has 2 N–H and O–H groups in total. The summed E-state index contributed by atoms with van der Waals surface area (Å²) in [4.78, 5) is 14.9. The third-order valence-electron chi connectivity index (χ3n) is 2.27. The molecule has 1 aromatic rings. The van der Waals surface area contributed by atoms with Crippen LogP contribution in [-0.2, 0) is 14.6 Å². The number of carbonyl (C=O) groups excluding carboxylic acids is 1. The molecule has 0 aromatic carbocycles. The Morgan fingerprint density at radius 2 is 2.20 bits per heavy atom. The Hall–Kier alpha value is -2.08. The van der Waals surface area contributed by atoms with E-state index in [0.29, 0.717) is 5.57 Å². The second-order valence-electron chi connectivity index (χ2n) is 4.19. The third kappa shape index (κ3) is 6.19. The molecule has 0 aliphatic rings. The van der Waals surface area contributed by atoms with Gasteiger partial charge in [0, 0.05) is 23.7 Å². The van der Waals surface area contributed by atoms with Gasteiger partial charge in [0.15, 0.2) is 9.84 Å². The van der Waals surface area contributed by atoms with Crippen LogP contribution < -0.4 is 5.32 Å². The minimum Gasteiger partial charge on any atom is -0.362 e. The van der Waals surface area contributed by atoms with Crippen LogP contribution in [0, 0.1) is 0 Å². The molecule has 20 heavy (non-hydrogen) atoms. The number of hydrogen-bond acceptors (Lipinski definition) is 3. The Labute approximate surface area is 119 Å². The Bertz CT molecular complexity index is 623. The molecule has 0 aliphatic heterocycles. The molecular formula is C14H18N2O3S. The number of nitrogens with one attached hydrogen (secondary N) is 2. The van der Waals surface area contributed by atoms with Crippen LogP contribution in [0.25, 0.3) is 6.08 Å². The molecule has 6 heteroatoms. The highest BCUT2D eigenvalue weighted by Gasteiger charge is 2.05. The number of amides is 1. The molecule has 0 fully saturated rings. The lowest BCUT2D eigenvalue weighted by atomic mass is 10.2. The lowest BCUT2D eigenvalue weighted by Gasteiger charge is -2.01. The fourth-order valence-electron chi connectivity index (χ4n) is 1.38. The van der Waals surface area contributed by atoms with Crippen molar-refractivity contribution in [2.24, 2.45) is 0 Å². The van der Waals surface area contributed by atoms with E-state index in [4.69, 9.17) is 0 Å². The van der Waals surface area contributed by atoms with Gasteiger partial charge in [-0.2, -0.15) is 0 Å². The summed E-state index contributed by atoms with van der Waals surface area (Å²) < 4.78 is 22.2. The number of sulfone groups is 1. The molecule has 0 atom stereocenters. The van der Waals surface area contributed by atoms with Crippen molar-refractivity contribution < 1.29 is 13.2 Å². The smallest absolute Gasteiger partial charge is 0.255 e. The van der Waals surface area contributed by atoms with Crippen LogP contribution in [0.1, 0.15) is 12.6 Å². The summed E-state index contributed by atoms with van der Waals surface area (Å²) in [6.45, 7) is 1.79. The molecule has 0 saturated carbocycles. The number of H-pyrrole nitrogens is 1. The first-order valence-corrected chi connectivity index (χ1v) is 8.10. The Kier molecular flexibility index (Phi) is 5.99. The first-order valence-electron chi connectivity index (χ1n) is 6.04. The molecule has 1 amide bonds. The number of aromatic amines is 1. The van der Waals surface area contributed by atoms with Crippen molar-refractivity contribution in [2.75, 3.05) is 12.0 Å². The predicted octanol–water partition coefficient (Wildman–Crippen LogP) is 1.65. The van der Waals surface area contributed by atoms with E-state index in [9.17, 15) is 13.2 Å². The number of carbonyl (C=O) groups is 1. The quantitative estimate of drug-likeness (QED) is 0.618. The van der Waals surface area contributed by atoms with E-state index in [0.717, 1.165) is 11.9 Å². The standard InChI is InChI=1S/C14H18N2O3S/c1-3-8-16-14(17)12(6-5-10-20(2,18)19)11-13-7-4-9-15-13/h3-9,11,15H,10H2,1-2H3,(H,16,17)/b6-5+,8-3+,12-11-. The molecule has 108 valence electrons. The van der Waals surface area contributed by atoms with E-state index in [1.54, 1.807) is 25.3 Å². The van der Waals surface area contributed by atoms with E-state index in [-0.39, 0.29) is 11.7 Å². The summed E-state index contributed by atoms with van der Waals surface area (Å²) >= 11 is 0. The summed E-state index contributed by atoms with van der Waals surface area (Å²) in [5, 5.41) is 2.59. The van der Waals surface area contributed by atoms with Crippen LogP contribution in [0.5, 0.6) is 0 Å². The number of rotatable bonds is 6. The fourth-order valence-corrected chi connectivity index (χ4v) is 1.83. The van der Waals surface area contributed by atoms with Crippen molar-refractivity contribution in [3.63, 3.8) is 0 Å². The first-order chi connectivity index (χ1) is 9.42. The second kappa shape index (κ2) is 7.49. The lowest BCUT2D eigenvalue weighted by Crippen LogP contribution is -2.18. The van der Waals surface area contributed by atoms with Gasteiger partial charge in [0.05, 0.1) is 5.75 Å². The highest BCUT2D eigenvalue weighted by Crippen LogP contribution is 2.07. The van der Waals surface area contributed by atoms with Gasteiger partial charge in [0.25, 0.3) is 5.91 Å². The molecule has 1 aromatic heterocycles. The molecule has 5 nitrogen and oxygen atoms in total. The van der Waals surface area contributed by atoms with Crippen LogP contribution in [0.4, 0.5) is 0 Å². The molecule has 1 heterocycles. The Balaban J connectivity index is 2.93. The summed E-state index contributed by atoms with van der Waals surface area (Å²) in [5.41, 5.74) is 1.13. The van der Waals surface area contributed by atoms with Crippen molar-refractivity contribution >= 4 is 21.8 Å². The number of hydrogen-bond donors (Lipinski definition) is 2. The maximum absolute atomic E-state index is 11.9. The summed E-state index contributed by atoms with van der Waals surface area (Å²) in [5.74, 6) is -0.408. The van der Waals surface area contributed by atoms with Crippen molar-refractivity contribution in [1.29, 1.82) is 0 Å². The van der Waals surface area contributed by atoms with E-state index >= 15 is 0 Å². The van der Waals surface area contributed by atoms with Gasteiger partial charge >= 0.3 is 0 Å². The van der Waals surface area contributed by atoms with Gasteiger partial charge in [-0.1, -0.05) is 18.2 Å². The normalized spacial score (nSPS) is 13.2. The highest BCUT2D eigenvalue weighted by molar-refractivity contribution is 7.90. The van der Waals surface area contributed by atoms with Gasteiger partial charge in [-0.3, -0.25) is 4.79 Å². The summed E-state index contributed by atoms with van der Waals surface area (Å²) in [6.07, 6.45) is 10.7. The van der Waals surface area contributed by atoms with Crippen molar-refractivity contribution in [3.8, 4) is 0 Å². The zero-order valence-electron chi connectivity index (χ0n) is 11.5. The third-order valence-corrected chi connectivity index (χ3v) is 3.07. The van der Waals surface area contributed by atoms with Gasteiger partial charge < -0.3 is 10.3 Å². The van der Waals surface area contributed by atoms with Gasteiger partial charge in [-0.25, -0.2) is 8.42 Å². The first kappa shape index (κ1) is 16.0. The SMILES string of the molecule is C/C=C/NC(=O)C(=C\c1ccc[nH]1)/C=C/CS(C)(=O)=O. The van der Waals surface area contributed by atoms with E-state index in [2.05, 4.69) is 10.3 Å². The van der Waals surface area contributed by atoms with E-state index in [1.807, 2.05) is 12.1 Å². The van der Waals surface area contributed by atoms with Crippen LogP contribution in [0.15, 0.2) is 48.3 Å². The largest absolute Gasteiger partial charge is 0.362 e. The molecule has 0 radical (unpaired) electrons. The van der Waals surface area contributed by atoms with Crippen LogP contribution in [0.3, 0.4) is 0 Å². The van der Waals surface area contributed by atoms with Gasteiger partial charge in [0.2, 0.25) is 0 Å². The number of aromatic nitrogens is 1. The highest BCUT2D eigenvalue weighted by atomic mass is 32.2. The van der Waals surface area contributed by atoms with Gasteiger partial charge in [0.1, 0.15) is 0 Å². The molecule has 0 unspecified atom stereocenters. The maximum Gasteiger partial charge on any atom is 0.255 e. The molecule has 0 saturated heterocycles.